The summed E-state index contributed by atoms with van der Waals surface area (Å²) in [4.78, 5) is 39.3. The fourth-order valence-electron chi connectivity index (χ4n) is 4.32. The third-order valence-electron chi connectivity index (χ3n) is 6.46. The second-order valence-corrected chi connectivity index (χ2v) is 11.2. The van der Waals surface area contributed by atoms with Gasteiger partial charge in [0.2, 0.25) is 5.91 Å². The molecule has 0 radical (unpaired) electrons. The fraction of sp³-hybridized carbons (Fsp3) is 0.464. The molecule has 1 saturated heterocycles. The topological polar surface area (TPSA) is 114 Å². The summed E-state index contributed by atoms with van der Waals surface area (Å²) in [6.07, 6.45) is -0.424. The summed E-state index contributed by atoms with van der Waals surface area (Å²) in [6, 6.07) is 3.85. The number of ether oxygens (including phenoxy) is 1. The molecule has 2 aromatic rings. The summed E-state index contributed by atoms with van der Waals surface area (Å²) in [6.45, 7) is 5.80. The zero-order valence-electron chi connectivity index (χ0n) is 23.0. The van der Waals surface area contributed by atoms with Crippen LogP contribution < -0.4 is 16.4 Å². The van der Waals surface area contributed by atoms with Crippen molar-refractivity contribution >= 4 is 35.2 Å². The van der Waals surface area contributed by atoms with Crippen LogP contribution in [0.25, 0.3) is 0 Å². The van der Waals surface area contributed by atoms with Gasteiger partial charge in [-0.3, -0.25) is 9.59 Å². The minimum Gasteiger partial charge on any atom is -0.464 e. The van der Waals surface area contributed by atoms with E-state index in [-0.39, 0.29) is 43.2 Å². The van der Waals surface area contributed by atoms with Crippen molar-refractivity contribution in [3.05, 3.63) is 64.7 Å². The van der Waals surface area contributed by atoms with Crippen LogP contribution in [0, 0.1) is 29.2 Å². The van der Waals surface area contributed by atoms with Gasteiger partial charge in [0.1, 0.15) is 17.7 Å². The normalized spacial score (nSPS) is 16.4. The third-order valence-corrected chi connectivity index (χ3v) is 7.66. The van der Waals surface area contributed by atoms with Crippen molar-refractivity contribution in [2.45, 2.75) is 57.6 Å². The summed E-state index contributed by atoms with van der Waals surface area (Å²) in [7, 11) is 0. The highest BCUT2D eigenvalue weighted by Crippen LogP contribution is 2.26. The third kappa shape index (κ3) is 8.59. The van der Waals surface area contributed by atoms with Crippen LogP contribution in [0.2, 0.25) is 0 Å². The molecule has 8 nitrogen and oxygen atoms in total. The number of nitrogens with two attached hydrogens (primary N) is 1. The molecular formula is C28H34F4N4O4S. The first-order chi connectivity index (χ1) is 19.4. The SMILES string of the molecule is CCOC(=O)[C@H](Nc1ccc(CNC(=O)[C@@H]2SCCN2C(=O)C[C@H](N)Cc2cc(F)c(F)cc2F)cc1F)C(C)C. The molecule has 3 rings (SSSR count). The Labute approximate surface area is 240 Å². The van der Waals surface area contributed by atoms with E-state index in [9.17, 15) is 31.9 Å². The molecule has 0 unspecified atom stereocenters. The minimum absolute atomic E-state index is 0.00443. The number of carbonyl (C=O) groups excluding carboxylic acids is 3. The van der Waals surface area contributed by atoms with Crippen molar-refractivity contribution in [1.29, 1.82) is 0 Å². The molecule has 0 bridgehead atoms. The van der Waals surface area contributed by atoms with E-state index < -0.39 is 58.5 Å². The van der Waals surface area contributed by atoms with Gasteiger partial charge in [0.25, 0.3) is 5.91 Å². The highest BCUT2D eigenvalue weighted by Gasteiger charge is 2.35. The number of halogens is 4. The lowest BCUT2D eigenvalue weighted by molar-refractivity contribution is -0.145. The smallest absolute Gasteiger partial charge is 0.328 e. The van der Waals surface area contributed by atoms with Crippen LogP contribution >= 0.6 is 11.8 Å². The summed E-state index contributed by atoms with van der Waals surface area (Å²) in [5, 5.41) is 4.74. The fourth-order valence-corrected chi connectivity index (χ4v) is 5.48. The van der Waals surface area contributed by atoms with E-state index in [1.807, 2.05) is 13.8 Å². The molecule has 1 aliphatic rings. The monoisotopic (exact) mass is 598 g/mol. The van der Waals surface area contributed by atoms with E-state index in [1.165, 1.54) is 28.8 Å². The van der Waals surface area contributed by atoms with Crippen LogP contribution in [0.3, 0.4) is 0 Å². The molecule has 1 fully saturated rings. The van der Waals surface area contributed by atoms with E-state index in [1.54, 1.807) is 13.0 Å². The van der Waals surface area contributed by atoms with Crippen LogP contribution in [-0.2, 0) is 32.1 Å². The Morgan fingerprint density at radius 2 is 1.78 bits per heavy atom. The Morgan fingerprint density at radius 1 is 1.07 bits per heavy atom. The second kappa shape index (κ2) is 14.5. The molecule has 224 valence electrons. The number of benzene rings is 2. The van der Waals surface area contributed by atoms with Gasteiger partial charge in [0.05, 0.1) is 12.3 Å². The average Bonchev–Trinajstić information content (AvgIpc) is 3.40. The molecule has 0 aromatic heterocycles. The van der Waals surface area contributed by atoms with Gasteiger partial charge in [0, 0.05) is 37.4 Å². The first kappa shape index (κ1) is 32.2. The maximum atomic E-state index is 14.8. The lowest BCUT2D eigenvalue weighted by atomic mass is 10.0. The quantitative estimate of drug-likeness (QED) is 0.194. The van der Waals surface area contributed by atoms with E-state index in [0.29, 0.717) is 30.0 Å². The van der Waals surface area contributed by atoms with Gasteiger partial charge in [-0.05, 0) is 48.6 Å². The van der Waals surface area contributed by atoms with Crippen molar-refractivity contribution in [2.75, 3.05) is 24.2 Å². The molecule has 2 amide bonds. The minimum atomic E-state index is -1.32. The highest BCUT2D eigenvalue weighted by molar-refractivity contribution is 8.00. The van der Waals surface area contributed by atoms with Crippen LogP contribution in [0.4, 0.5) is 23.2 Å². The molecule has 41 heavy (non-hydrogen) atoms. The van der Waals surface area contributed by atoms with Gasteiger partial charge in [-0.25, -0.2) is 22.4 Å². The lowest BCUT2D eigenvalue weighted by Crippen LogP contribution is -2.46. The number of carbonyl (C=O) groups is 3. The number of nitrogens with one attached hydrogen (secondary N) is 2. The molecular weight excluding hydrogens is 564 g/mol. The number of esters is 1. The summed E-state index contributed by atoms with van der Waals surface area (Å²) >= 11 is 1.25. The predicted molar refractivity (Wildman–Crippen MR) is 148 cm³/mol. The standard InChI is InChI=1S/C28H34F4N4O4S/c1-4-40-28(39)25(15(2)3)35-23-6-5-16(9-22(23)32)14-34-26(38)27-36(7-8-41-27)24(37)12-18(33)10-17-11-20(30)21(31)13-19(17)29/h5-6,9,11,13,15,18,25,27,35H,4,7-8,10,12,14,33H2,1-3H3,(H,34,38)/t18-,25-,27+/m1/s1. The maximum Gasteiger partial charge on any atom is 0.328 e. The Kier molecular flexibility index (Phi) is 11.4. The molecule has 1 aliphatic heterocycles. The zero-order chi connectivity index (χ0) is 30.3. The van der Waals surface area contributed by atoms with Crippen LogP contribution in [-0.4, -0.2) is 59.0 Å². The molecule has 4 N–H and O–H groups in total. The number of hydrogen-bond acceptors (Lipinski definition) is 7. The van der Waals surface area contributed by atoms with Gasteiger partial charge < -0.3 is 26.0 Å². The van der Waals surface area contributed by atoms with E-state index in [4.69, 9.17) is 10.5 Å². The van der Waals surface area contributed by atoms with E-state index >= 15 is 0 Å². The first-order valence-electron chi connectivity index (χ1n) is 13.2. The molecule has 1 heterocycles. The highest BCUT2D eigenvalue weighted by atomic mass is 32.2. The first-order valence-corrected chi connectivity index (χ1v) is 14.3. The van der Waals surface area contributed by atoms with Gasteiger partial charge in [-0.1, -0.05) is 19.9 Å². The van der Waals surface area contributed by atoms with Gasteiger partial charge in [-0.15, -0.1) is 11.8 Å². The predicted octanol–water partition coefficient (Wildman–Crippen LogP) is 3.72. The number of thioether (sulfide) groups is 1. The number of amides is 2. The van der Waals surface area contributed by atoms with Crippen molar-refractivity contribution in [1.82, 2.24) is 10.2 Å². The van der Waals surface area contributed by atoms with Crippen LogP contribution in [0.5, 0.6) is 0 Å². The molecule has 13 heteroatoms. The van der Waals surface area contributed by atoms with Gasteiger partial charge in [0.15, 0.2) is 17.0 Å². The second-order valence-electron chi connectivity index (χ2n) is 9.99. The Morgan fingerprint density at radius 3 is 2.44 bits per heavy atom. The van der Waals surface area contributed by atoms with E-state index in [2.05, 4.69) is 10.6 Å². The van der Waals surface area contributed by atoms with Crippen molar-refractivity contribution < 1.29 is 36.7 Å². The average molecular weight is 599 g/mol. The Balaban J connectivity index is 1.56. The summed E-state index contributed by atoms with van der Waals surface area (Å²) < 4.78 is 60.5. The molecule has 2 aromatic carbocycles. The summed E-state index contributed by atoms with van der Waals surface area (Å²) in [5.41, 5.74) is 6.43. The van der Waals surface area contributed by atoms with Crippen molar-refractivity contribution in [3.8, 4) is 0 Å². The Bertz CT molecular complexity index is 1270. The summed E-state index contributed by atoms with van der Waals surface area (Å²) in [5.74, 6) is -5.11. The Hall–Kier alpha value is -3.32. The lowest BCUT2D eigenvalue weighted by Gasteiger charge is -2.24. The van der Waals surface area contributed by atoms with Crippen molar-refractivity contribution in [3.63, 3.8) is 0 Å². The molecule has 0 aliphatic carbocycles. The molecule has 3 atom stereocenters. The number of anilines is 1. The van der Waals surface area contributed by atoms with Crippen LogP contribution in [0.15, 0.2) is 30.3 Å². The largest absolute Gasteiger partial charge is 0.464 e. The van der Waals surface area contributed by atoms with Gasteiger partial charge in [-0.2, -0.15) is 0 Å². The number of hydrogen-bond donors (Lipinski definition) is 3. The molecule has 0 saturated carbocycles. The van der Waals surface area contributed by atoms with Gasteiger partial charge >= 0.3 is 5.97 Å². The number of rotatable bonds is 12. The van der Waals surface area contributed by atoms with Crippen molar-refractivity contribution in [2.24, 2.45) is 11.7 Å². The van der Waals surface area contributed by atoms with E-state index in [0.717, 1.165) is 0 Å². The molecule has 0 spiro atoms. The number of nitrogens with zero attached hydrogens (tertiary/aromatic N) is 1. The zero-order valence-corrected chi connectivity index (χ0v) is 23.8. The maximum absolute atomic E-state index is 14.8. The van der Waals surface area contributed by atoms with Crippen LogP contribution in [0.1, 0.15) is 38.3 Å².